The van der Waals surface area contributed by atoms with Gasteiger partial charge in [-0.1, -0.05) is 31.4 Å². The van der Waals surface area contributed by atoms with E-state index in [0.29, 0.717) is 17.5 Å². The third-order valence-corrected chi connectivity index (χ3v) is 7.23. The van der Waals surface area contributed by atoms with E-state index in [0.717, 1.165) is 37.3 Å². The van der Waals surface area contributed by atoms with Gasteiger partial charge in [0.15, 0.2) is 0 Å². The van der Waals surface area contributed by atoms with Gasteiger partial charge in [-0.3, -0.25) is 0 Å². The predicted octanol–water partition coefficient (Wildman–Crippen LogP) is 4.41. The second-order valence-electron chi connectivity index (χ2n) is 8.87. The number of benzene rings is 1. The lowest BCUT2D eigenvalue weighted by atomic mass is 9.86. The average molecular weight is 367 g/mol. The molecule has 5 heteroatoms. The number of piperidine rings is 1. The first-order chi connectivity index (χ1) is 13.2. The van der Waals surface area contributed by atoms with Crippen LogP contribution >= 0.6 is 0 Å². The summed E-state index contributed by atoms with van der Waals surface area (Å²) in [5.41, 5.74) is 2.75. The molecule has 27 heavy (non-hydrogen) atoms. The number of nitrogens with one attached hydrogen (secondary N) is 1. The molecule has 2 heterocycles. The van der Waals surface area contributed by atoms with Gasteiger partial charge in [0.2, 0.25) is 0 Å². The van der Waals surface area contributed by atoms with Crippen molar-refractivity contribution >= 4 is 17.1 Å². The topological polar surface area (TPSA) is 50.2 Å². The highest BCUT2D eigenvalue weighted by Crippen LogP contribution is 2.56. The van der Waals surface area contributed by atoms with Crippen molar-refractivity contribution in [3.8, 4) is 0 Å². The molecule has 5 rings (SSSR count). The van der Waals surface area contributed by atoms with Gasteiger partial charge in [0.05, 0.1) is 11.0 Å². The molecule has 3 aliphatic rings. The van der Waals surface area contributed by atoms with E-state index < -0.39 is 0 Å². The fourth-order valence-corrected chi connectivity index (χ4v) is 5.55. The molecule has 1 spiro atoms. The summed E-state index contributed by atoms with van der Waals surface area (Å²) in [6.07, 6.45) is 9.90. The number of hydrogen-bond acceptors (Lipinski definition) is 2. The molecule has 0 bridgehead atoms. The van der Waals surface area contributed by atoms with E-state index in [1.807, 2.05) is 11.0 Å². The van der Waals surface area contributed by atoms with Crippen LogP contribution in [-0.4, -0.2) is 39.6 Å². The Labute approximate surface area is 161 Å². The fourth-order valence-electron chi connectivity index (χ4n) is 5.55. The number of nitrogens with zero attached hydrogens (tertiary/aromatic N) is 3. The van der Waals surface area contributed by atoms with E-state index >= 15 is 0 Å². The van der Waals surface area contributed by atoms with Crippen LogP contribution in [-0.2, 0) is 0 Å². The van der Waals surface area contributed by atoms with Crippen molar-refractivity contribution in [3.63, 3.8) is 0 Å². The Morgan fingerprint density at radius 1 is 1.15 bits per heavy atom. The third-order valence-electron chi connectivity index (χ3n) is 7.23. The van der Waals surface area contributed by atoms with Crippen molar-refractivity contribution < 1.29 is 4.79 Å². The minimum Gasteiger partial charge on any atom is -0.335 e. The molecule has 5 nitrogen and oxygen atoms in total. The van der Waals surface area contributed by atoms with E-state index in [1.54, 1.807) is 0 Å². The molecular weight excluding hydrogens is 336 g/mol. The highest BCUT2D eigenvalue weighted by Gasteiger charge is 2.54. The summed E-state index contributed by atoms with van der Waals surface area (Å²) in [4.78, 5) is 19.5. The van der Waals surface area contributed by atoms with E-state index in [1.165, 1.54) is 44.0 Å². The Hall–Kier alpha value is -2.04. The van der Waals surface area contributed by atoms with Crippen molar-refractivity contribution in [2.45, 2.75) is 70.4 Å². The fraction of sp³-hybridized carbons (Fsp3) is 0.636. The van der Waals surface area contributed by atoms with E-state index in [4.69, 9.17) is 4.98 Å². The standard InChI is InChI=1S/C22H30N4O/c1-16-23-18-7-3-4-8-19(18)26(16)17-9-13-25(14-10-17)21(27)24-20-15-22(20)11-5-2-6-12-22/h3-4,7-8,17,20H,2,5-6,9-15H2,1H3,(H,24,27). The van der Waals surface area contributed by atoms with Gasteiger partial charge in [-0.05, 0) is 56.6 Å². The van der Waals surface area contributed by atoms with Gasteiger partial charge in [-0.2, -0.15) is 0 Å². The molecule has 2 aliphatic carbocycles. The van der Waals surface area contributed by atoms with Crippen molar-refractivity contribution in [2.24, 2.45) is 5.41 Å². The molecule has 1 saturated heterocycles. The zero-order valence-electron chi connectivity index (χ0n) is 16.3. The number of urea groups is 1. The number of para-hydroxylation sites is 2. The quantitative estimate of drug-likeness (QED) is 0.856. The van der Waals surface area contributed by atoms with Crippen LogP contribution in [0.15, 0.2) is 24.3 Å². The van der Waals surface area contributed by atoms with Crippen molar-refractivity contribution in [2.75, 3.05) is 13.1 Å². The SMILES string of the molecule is Cc1nc2ccccc2n1C1CCN(C(=O)NC2CC23CCCCC3)CC1. The van der Waals surface area contributed by atoms with Gasteiger partial charge >= 0.3 is 6.03 Å². The van der Waals surface area contributed by atoms with Crippen LogP contribution in [0.5, 0.6) is 0 Å². The smallest absolute Gasteiger partial charge is 0.317 e. The van der Waals surface area contributed by atoms with Gasteiger partial charge < -0.3 is 14.8 Å². The summed E-state index contributed by atoms with van der Waals surface area (Å²) in [6, 6.07) is 9.40. The summed E-state index contributed by atoms with van der Waals surface area (Å²) in [7, 11) is 0. The Balaban J connectivity index is 1.20. The minimum absolute atomic E-state index is 0.160. The molecule has 144 valence electrons. The molecule has 1 aromatic heterocycles. The predicted molar refractivity (Wildman–Crippen MR) is 107 cm³/mol. The summed E-state index contributed by atoms with van der Waals surface area (Å²) in [5, 5.41) is 3.34. The van der Waals surface area contributed by atoms with Gasteiger partial charge in [0.25, 0.3) is 0 Å². The van der Waals surface area contributed by atoms with Crippen LogP contribution in [0.4, 0.5) is 4.79 Å². The number of carbonyl (C=O) groups excluding carboxylic acids is 1. The van der Waals surface area contributed by atoms with Crippen LogP contribution in [0.3, 0.4) is 0 Å². The lowest BCUT2D eigenvalue weighted by Gasteiger charge is -2.34. The lowest BCUT2D eigenvalue weighted by molar-refractivity contribution is 0.169. The maximum atomic E-state index is 12.7. The molecule has 1 unspecified atom stereocenters. The monoisotopic (exact) mass is 366 g/mol. The molecule has 1 aliphatic heterocycles. The number of aryl methyl sites for hydroxylation is 1. The van der Waals surface area contributed by atoms with Gasteiger partial charge in [0, 0.05) is 25.2 Å². The number of likely N-dealkylation sites (tertiary alicyclic amines) is 1. The number of aromatic nitrogens is 2. The van der Waals surface area contributed by atoms with Gasteiger partial charge in [0.1, 0.15) is 5.82 Å². The number of amides is 2. The summed E-state index contributed by atoms with van der Waals surface area (Å²) in [5.74, 6) is 1.08. The first kappa shape index (κ1) is 17.1. The number of fused-ring (bicyclic) bond motifs is 1. The largest absolute Gasteiger partial charge is 0.335 e. The molecule has 2 amide bonds. The van der Waals surface area contributed by atoms with Crippen LogP contribution < -0.4 is 5.32 Å². The number of hydrogen-bond donors (Lipinski definition) is 1. The first-order valence-electron chi connectivity index (χ1n) is 10.7. The Morgan fingerprint density at radius 2 is 1.89 bits per heavy atom. The first-order valence-corrected chi connectivity index (χ1v) is 10.7. The lowest BCUT2D eigenvalue weighted by Crippen LogP contribution is -2.46. The molecule has 3 fully saturated rings. The molecule has 1 aromatic carbocycles. The highest BCUT2D eigenvalue weighted by atomic mass is 16.2. The van der Waals surface area contributed by atoms with Crippen LogP contribution in [0, 0.1) is 12.3 Å². The second kappa shape index (κ2) is 6.54. The number of imidazole rings is 1. The zero-order chi connectivity index (χ0) is 18.4. The summed E-state index contributed by atoms with van der Waals surface area (Å²) in [6.45, 7) is 3.76. The van der Waals surface area contributed by atoms with E-state index in [2.05, 4.69) is 35.0 Å². The van der Waals surface area contributed by atoms with E-state index in [9.17, 15) is 4.79 Å². The van der Waals surface area contributed by atoms with Gasteiger partial charge in [-0.25, -0.2) is 9.78 Å². The molecule has 2 saturated carbocycles. The Kier molecular flexibility index (Phi) is 4.14. The van der Waals surface area contributed by atoms with Crippen LogP contribution in [0.25, 0.3) is 11.0 Å². The van der Waals surface area contributed by atoms with Crippen LogP contribution in [0.1, 0.15) is 63.2 Å². The molecule has 1 N–H and O–H groups in total. The van der Waals surface area contributed by atoms with Crippen molar-refractivity contribution in [3.05, 3.63) is 30.1 Å². The van der Waals surface area contributed by atoms with Gasteiger partial charge in [-0.15, -0.1) is 0 Å². The summed E-state index contributed by atoms with van der Waals surface area (Å²) < 4.78 is 2.38. The van der Waals surface area contributed by atoms with Crippen LogP contribution in [0.2, 0.25) is 0 Å². The highest BCUT2D eigenvalue weighted by molar-refractivity contribution is 5.76. The minimum atomic E-state index is 0.160. The molecule has 1 atom stereocenters. The maximum absolute atomic E-state index is 12.7. The van der Waals surface area contributed by atoms with E-state index in [-0.39, 0.29) is 6.03 Å². The second-order valence-corrected chi connectivity index (χ2v) is 8.87. The maximum Gasteiger partial charge on any atom is 0.317 e. The molecular formula is C22H30N4O. The third kappa shape index (κ3) is 3.01. The number of rotatable bonds is 2. The Morgan fingerprint density at radius 3 is 2.67 bits per heavy atom. The zero-order valence-corrected chi connectivity index (χ0v) is 16.3. The van der Waals surface area contributed by atoms with Crippen molar-refractivity contribution in [1.29, 1.82) is 0 Å². The summed E-state index contributed by atoms with van der Waals surface area (Å²) >= 11 is 0. The average Bonchev–Trinajstić information content (AvgIpc) is 3.20. The number of carbonyl (C=O) groups is 1. The van der Waals surface area contributed by atoms with Crippen molar-refractivity contribution in [1.82, 2.24) is 19.8 Å². The molecule has 0 radical (unpaired) electrons. The molecule has 2 aromatic rings. The normalized spacial score (nSPS) is 25.1. The Bertz CT molecular complexity index is 843.